The first-order chi connectivity index (χ1) is 10.2. The molecule has 1 aliphatic rings. The largest absolute Gasteiger partial charge is 0.505 e. The second kappa shape index (κ2) is 6.17. The Morgan fingerprint density at radius 1 is 1.45 bits per heavy atom. The maximum absolute atomic E-state index is 12.4. The average molecular weight is 346 g/mol. The number of rotatable bonds is 1. The molecule has 0 bridgehead atoms. The zero-order valence-corrected chi connectivity index (χ0v) is 14.8. The quantitative estimate of drug-likeness (QED) is 0.783. The van der Waals surface area contributed by atoms with E-state index in [-0.39, 0.29) is 27.9 Å². The number of hydrogen-bond donors (Lipinski definition) is 1. The van der Waals surface area contributed by atoms with Crippen LogP contribution in [0.4, 0.5) is 4.79 Å². The van der Waals surface area contributed by atoms with Gasteiger partial charge in [-0.3, -0.25) is 0 Å². The number of phenolic OH excluding ortho intramolecular Hbond substituents is 1. The molecule has 1 heterocycles. The highest BCUT2D eigenvalue weighted by Crippen LogP contribution is 2.43. The highest BCUT2D eigenvalue weighted by molar-refractivity contribution is 6.37. The summed E-state index contributed by atoms with van der Waals surface area (Å²) in [6.07, 6.45) is 0.934. The number of amides is 1. The van der Waals surface area contributed by atoms with Crippen molar-refractivity contribution in [2.24, 2.45) is 0 Å². The van der Waals surface area contributed by atoms with E-state index in [9.17, 15) is 9.90 Å². The summed E-state index contributed by atoms with van der Waals surface area (Å²) >= 11 is 12.2. The Morgan fingerprint density at radius 3 is 2.64 bits per heavy atom. The van der Waals surface area contributed by atoms with Gasteiger partial charge in [-0.1, -0.05) is 30.1 Å². The molecular formula is C16H21Cl2NO3. The molecule has 1 unspecified atom stereocenters. The van der Waals surface area contributed by atoms with Crippen LogP contribution in [0.3, 0.4) is 0 Å². The molecule has 1 aromatic carbocycles. The van der Waals surface area contributed by atoms with E-state index in [0.717, 1.165) is 11.1 Å². The lowest BCUT2D eigenvalue weighted by atomic mass is 9.91. The van der Waals surface area contributed by atoms with Crippen LogP contribution in [0.25, 0.3) is 0 Å². The van der Waals surface area contributed by atoms with Gasteiger partial charge in [0.2, 0.25) is 0 Å². The maximum Gasteiger partial charge on any atom is 0.410 e. The van der Waals surface area contributed by atoms with Crippen LogP contribution in [-0.2, 0) is 11.2 Å². The lowest BCUT2D eigenvalue weighted by Crippen LogP contribution is -2.43. The molecule has 0 saturated heterocycles. The lowest BCUT2D eigenvalue weighted by Gasteiger charge is -2.38. The standard InChI is InChI=1S/C16H21Cl2NO3/c1-5-12-10-8-11(17)14(20)13(18)9(10)6-7-19(12)15(21)22-16(2,3)4/h8,12,20H,5-7H2,1-4H3. The Morgan fingerprint density at radius 2 is 2.09 bits per heavy atom. The van der Waals surface area contributed by atoms with E-state index >= 15 is 0 Å². The number of benzene rings is 1. The van der Waals surface area contributed by atoms with Crippen molar-refractivity contribution in [3.8, 4) is 5.75 Å². The molecule has 2 rings (SSSR count). The number of aromatic hydroxyl groups is 1. The van der Waals surface area contributed by atoms with Crippen molar-refractivity contribution in [3.63, 3.8) is 0 Å². The van der Waals surface area contributed by atoms with E-state index in [4.69, 9.17) is 27.9 Å². The molecule has 0 fully saturated rings. The van der Waals surface area contributed by atoms with Crippen LogP contribution in [-0.4, -0.2) is 28.2 Å². The summed E-state index contributed by atoms with van der Waals surface area (Å²) in [7, 11) is 0. The molecule has 1 atom stereocenters. The minimum Gasteiger partial charge on any atom is -0.505 e. The van der Waals surface area contributed by atoms with E-state index in [1.807, 2.05) is 27.7 Å². The Bertz CT molecular complexity index is 596. The van der Waals surface area contributed by atoms with Gasteiger partial charge in [-0.25, -0.2) is 4.79 Å². The van der Waals surface area contributed by atoms with Crippen LogP contribution in [0.5, 0.6) is 5.75 Å². The van der Waals surface area contributed by atoms with Gasteiger partial charge in [-0.05, 0) is 50.8 Å². The number of ether oxygens (including phenoxy) is 1. The van der Waals surface area contributed by atoms with Crippen molar-refractivity contribution in [2.45, 2.75) is 52.2 Å². The number of halogens is 2. The zero-order valence-electron chi connectivity index (χ0n) is 13.2. The molecule has 1 N–H and O–H groups in total. The van der Waals surface area contributed by atoms with Gasteiger partial charge in [0.05, 0.1) is 16.1 Å². The first-order valence-corrected chi connectivity index (χ1v) is 8.10. The molecule has 0 saturated carbocycles. The highest BCUT2D eigenvalue weighted by Gasteiger charge is 2.34. The van der Waals surface area contributed by atoms with Crippen LogP contribution in [0.1, 0.15) is 51.3 Å². The average Bonchev–Trinajstić information content (AvgIpc) is 2.41. The molecule has 0 spiro atoms. The summed E-state index contributed by atoms with van der Waals surface area (Å²) in [6.45, 7) is 8.02. The minimum atomic E-state index is -0.542. The van der Waals surface area contributed by atoms with Crippen molar-refractivity contribution >= 4 is 29.3 Å². The Kier molecular flexibility index (Phi) is 4.83. The van der Waals surface area contributed by atoms with Gasteiger partial charge in [-0.15, -0.1) is 0 Å². The number of hydrogen-bond acceptors (Lipinski definition) is 3. The van der Waals surface area contributed by atoms with Crippen molar-refractivity contribution in [1.82, 2.24) is 4.90 Å². The van der Waals surface area contributed by atoms with E-state index in [0.29, 0.717) is 19.4 Å². The zero-order chi connectivity index (χ0) is 16.7. The van der Waals surface area contributed by atoms with Gasteiger partial charge >= 0.3 is 6.09 Å². The monoisotopic (exact) mass is 345 g/mol. The van der Waals surface area contributed by atoms with Crippen LogP contribution < -0.4 is 0 Å². The summed E-state index contributed by atoms with van der Waals surface area (Å²) in [5.74, 6) is -0.0948. The van der Waals surface area contributed by atoms with Crippen molar-refractivity contribution in [3.05, 3.63) is 27.2 Å². The molecule has 1 aliphatic heterocycles. The fourth-order valence-electron chi connectivity index (χ4n) is 2.75. The summed E-state index contributed by atoms with van der Waals surface area (Å²) in [5.41, 5.74) is 1.20. The molecule has 1 amide bonds. The van der Waals surface area contributed by atoms with Crippen molar-refractivity contribution in [1.29, 1.82) is 0 Å². The fourth-order valence-corrected chi connectivity index (χ4v) is 3.32. The molecule has 0 aliphatic carbocycles. The minimum absolute atomic E-state index is 0.0948. The number of phenols is 1. The topological polar surface area (TPSA) is 49.8 Å². The second-order valence-corrected chi connectivity index (χ2v) is 7.22. The summed E-state index contributed by atoms with van der Waals surface area (Å²) < 4.78 is 5.48. The first kappa shape index (κ1) is 17.2. The van der Waals surface area contributed by atoms with Gasteiger partial charge < -0.3 is 14.7 Å². The van der Waals surface area contributed by atoms with Crippen LogP contribution in [0.2, 0.25) is 10.0 Å². The van der Waals surface area contributed by atoms with E-state index in [1.54, 1.807) is 11.0 Å². The van der Waals surface area contributed by atoms with Crippen molar-refractivity contribution < 1.29 is 14.6 Å². The summed E-state index contributed by atoms with van der Waals surface area (Å²) in [5, 5.41) is 10.4. The van der Waals surface area contributed by atoms with Crippen molar-refractivity contribution in [2.75, 3.05) is 6.54 Å². The molecule has 122 valence electrons. The molecular weight excluding hydrogens is 325 g/mol. The second-order valence-electron chi connectivity index (χ2n) is 6.44. The normalized spacial score (nSPS) is 18.1. The Hall–Kier alpha value is -1.13. The molecule has 0 aromatic heterocycles. The summed E-state index contributed by atoms with van der Waals surface area (Å²) in [4.78, 5) is 14.1. The van der Waals surface area contributed by atoms with Gasteiger partial charge in [0.25, 0.3) is 0 Å². The van der Waals surface area contributed by atoms with E-state index < -0.39 is 5.60 Å². The smallest absolute Gasteiger partial charge is 0.410 e. The van der Waals surface area contributed by atoms with Gasteiger partial charge in [0.1, 0.15) is 5.60 Å². The Labute approximate surface area is 141 Å². The van der Waals surface area contributed by atoms with Gasteiger partial charge in [-0.2, -0.15) is 0 Å². The van der Waals surface area contributed by atoms with Gasteiger partial charge in [0, 0.05) is 6.54 Å². The molecule has 22 heavy (non-hydrogen) atoms. The molecule has 0 radical (unpaired) electrons. The number of fused-ring (bicyclic) bond motifs is 1. The number of carbonyl (C=O) groups is 1. The van der Waals surface area contributed by atoms with Crippen LogP contribution >= 0.6 is 23.2 Å². The third-order valence-electron chi connectivity index (χ3n) is 3.68. The molecule has 1 aromatic rings. The number of carbonyl (C=O) groups excluding carboxylic acids is 1. The molecule has 6 heteroatoms. The predicted octanol–water partition coefficient (Wildman–Crippen LogP) is 4.94. The van der Waals surface area contributed by atoms with E-state index in [2.05, 4.69) is 0 Å². The van der Waals surface area contributed by atoms with Crippen LogP contribution in [0.15, 0.2) is 6.07 Å². The van der Waals surface area contributed by atoms with Crippen LogP contribution in [0, 0.1) is 0 Å². The first-order valence-electron chi connectivity index (χ1n) is 7.35. The summed E-state index contributed by atoms with van der Waals surface area (Å²) in [6, 6.07) is 1.54. The third kappa shape index (κ3) is 3.28. The van der Waals surface area contributed by atoms with Gasteiger partial charge in [0.15, 0.2) is 5.75 Å². The Balaban J connectivity index is 2.39. The SMILES string of the molecule is CCC1c2cc(Cl)c(O)c(Cl)c2CCN1C(=O)OC(C)(C)C. The predicted molar refractivity (Wildman–Crippen MR) is 87.8 cm³/mol. The number of nitrogens with zero attached hydrogens (tertiary/aromatic N) is 1. The van der Waals surface area contributed by atoms with E-state index in [1.165, 1.54) is 0 Å². The highest BCUT2D eigenvalue weighted by atomic mass is 35.5. The lowest BCUT2D eigenvalue weighted by molar-refractivity contribution is 0.0137. The third-order valence-corrected chi connectivity index (χ3v) is 4.38. The fraction of sp³-hybridized carbons (Fsp3) is 0.562. The molecule has 4 nitrogen and oxygen atoms in total. The maximum atomic E-state index is 12.4.